The van der Waals surface area contributed by atoms with Crippen molar-refractivity contribution in [2.24, 2.45) is 18.7 Å². The normalized spacial score (nSPS) is 18.8. The van der Waals surface area contributed by atoms with E-state index in [0.717, 1.165) is 12.8 Å². The number of piperidine rings is 1. The molecule has 7 heteroatoms. The monoisotopic (exact) mass is 307 g/mol. The summed E-state index contributed by atoms with van der Waals surface area (Å²) in [5.41, 5.74) is 6.07. The van der Waals surface area contributed by atoms with E-state index >= 15 is 0 Å². The third kappa shape index (κ3) is 3.85. The smallest absolute Gasteiger partial charge is 0.271 e. The number of nitrogens with two attached hydrogens (primary N) is 1. The Morgan fingerprint density at radius 3 is 2.50 bits per heavy atom. The quantitative estimate of drug-likeness (QED) is 0.826. The molecular formula is C15H25N5O2. The second-order valence-corrected chi connectivity index (χ2v) is 6.09. The molecule has 2 heterocycles. The molecule has 0 saturated carbocycles. The highest BCUT2D eigenvalue weighted by molar-refractivity contribution is 5.92. The molecule has 1 aromatic heterocycles. The van der Waals surface area contributed by atoms with Crippen LogP contribution in [0.4, 0.5) is 0 Å². The maximum absolute atomic E-state index is 12.1. The van der Waals surface area contributed by atoms with Gasteiger partial charge in [0, 0.05) is 32.4 Å². The van der Waals surface area contributed by atoms with Gasteiger partial charge < -0.3 is 16.0 Å². The minimum atomic E-state index is -0.446. The minimum Gasteiger partial charge on any atom is -0.348 e. The predicted molar refractivity (Wildman–Crippen MR) is 83.1 cm³/mol. The number of nitrogens with zero attached hydrogens (tertiary/aromatic N) is 3. The van der Waals surface area contributed by atoms with Crippen molar-refractivity contribution in [2.45, 2.75) is 38.8 Å². The van der Waals surface area contributed by atoms with E-state index in [1.807, 2.05) is 11.8 Å². The largest absolute Gasteiger partial charge is 0.348 e. The lowest BCUT2D eigenvalue weighted by Crippen LogP contribution is -2.49. The van der Waals surface area contributed by atoms with Gasteiger partial charge in [0.2, 0.25) is 5.91 Å². The van der Waals surface area contributed by atoms with Gasteiger partial charge in [-0.3, -0.25) is 14.3 Å². The van der Waals surface area contributed by atoms with Crippen molar-refractivity contribution < 1.29 is 9.59 Å². The van der Waals surface area contributed by atoms with Crippen LogP contribution < -0.4 is 11.1 Å². The first kappa shape index (κ1) is 16.5. The van der Waals surface area contributed by atoms with E-state index in [-0.39, 0.29) is 17.9 Å². The van der Waals surface area contributed by atoms with Crippen LogP contribution in [-0.2, 0) is 11.8 Å². The molecule has 0 aromatic carbocycles. The predicted octanol–water partition coefficient (Wildman–Crippen LogP) is 0.124. The van der Waals surface area contributed by atoms with Crippen molar-refractivity contribution in [3.63, 3.8) is 0 Å². The Morgan fingerprint density at radius 2 is 2.00 bits per heavy atom. The molecule has 1 aliphatic rings. The average Bonchev–Trinajstić information content (AvgIpc) is 2.93. The van der Waals surface area contributed by atoms with Crippen molar-refractivity contribution in [3.8, 4) is 0 Å². The molecule has 0 radical (unpaired) electrons. The lowest BCUT2D eigenvalue weighted by molar-refractivity contribution is -0.133. The van der Waals surface area contributed by atoms with Crippen molar-refractivity contribution in [1.29, 1.82) is 0 Å². The first-order valence-electron chi connectivity index (χ1n) is 7.73. The van der Waals surface area contributed by atoms with Crippen LogP contribution in [0.15, 0.2) is 12.3 Å². The summed E-state index contributed by atoms with van der Waals surface area (Å²) in [7, 11) is 1.78. The van der Waals surface area contributed by atoms with Gasteiger partial charge in [0.1, 0.15) is 5.69 Å². The molecule has 2 atom stereocenters. The standard InChI is InChI=1S/C15H25N5O2/c1-10(16)15(22)20-8-4-12(5-9-20)11(2)17-14(21)13-6-7-19(3)18-13/h6-7,10-12H,4-5,8-9,16H2,1-3H3,(H,17,21)/t10-,11?/m0/s1. The summed E-state index contributed by atoms with van der Waals surface area (Å²) in [5, 5.41) is 7.10. The van der Waals surface area contributed by atoms with E-state index < -0.39 is 6.04 Å². The second-order valence-electron chi connectivity index (χ2n) is 6.09. The Hall–Kier alpha value is -1.89. The average molecular weight is 307 g/mol. The summed E-state index contributed by atoms with van der Waals surface area (Å²) in [6.07, 6.45) is 3.50. The van der Waals surface area contributed by atoms with Gasteiger partial charge in [-0.05, 0) is 38.7 Å². The second kappa shape index (κ2) is 6.91. The zero-order valence-electron chi connectivity index (χ0n) is 13.5. The van der Waals surface area contributed by atoms with E-state index in [9.17, 15) is 9.59 Å². The lowest BCUT2D eigenvalue weighted by atomic mass is 9.90. The van der Waals surface area contributed by atoms with Crippen LogP contribution in [-0.4, -0.2) is 51.7 Å². The van der Waals surface area contributed by atoms with Crippen molar-refractivity contribution in [3.05, 3.63) is 18.0 Å². The van der Waals surface area contributed by atoms with Crippen LogP contribution in [0, 0.1) is 5.92 Å². The van der Waals surface area contributed by atoms with Gasteiger partial charge in [-0.2, -0.15) is 5.10 Å². The Kier molecular flexibility index (Phi) is 5.18. The fraction of sp³-hybridized carbons (Fsp3) is 0.667. The van der Waals surface area contributed by atoms with Crippen molar-refractivity contribution in [1.82, 2.24) is 20.0 Å². The fourth-order valence-electron chi connectivity index (χ4n) is 2.84. The van der Waals surface area contributed by atoms with Gasteiger partial charge in [0.05, 0.1) is 6.04 Å². The number of likely N-dealkylation sites (tertiary alicyclic amines) is 1. The Labute approximate surface area is 130 Å². The van der Waals surface area contributed by atoms with Gasteiger partial charge in [0.15, 0.2) is 0 Å². The number of carbonyl (C=O) groups excluding carboxylic acids is 2. The molecular weight excluding hydrogens is 282 g/mol. The summed E-state index contributed by atoms with van der Waals surface area (Å²) in [6.45, 7) is 5.13. The van der Waals surface area contributed by atoms with Gasteiger partial charge in [-0.15, -0.1) is 0 Å². The molecule has 1 unspecified atom stereocenters. The van der Waals surface area contributed by atoms with Gasteiger partial charge in [-0.25, -0.2) is 0 Å². The molecule has 1 saturated heterocycles. The molecule has 1 aliphatic heterocycles. The van der Waals surface area contributed by atoms with Crippen LogP contribution in [0.3, 0.4) is 0 Å². The van der Waals surface area contributed by atoms with Crippen molar-refractivity contribution in [2.75, 3.05) is 13.1 Å². The molecule has 1 fully saturated rings. The highest BCUT2D eigenvalue weighted by Gasteiger charge is 2.28. The molecule has 2 amide bonds. The molecule has 2 rings (SSSR count). The summed E-state index contributed by atoms with van der Waals surface area (Å²) >= 11 is 0. The fourth-order valence-corrected chi connectivity index (χ4v) is 2.84. The van der Waals surface area contributed by atoms with Crippen LogP contribution in [0.5, 0.6) is 0 Å². The molecule has 22 heavy (non-hydrogen) atoms. The first-order chi connectivity index (χ1) is 10.4. The topological polar surface area (TPSA) is 93.2 Å². The molecule has 7 nitrogen and oxygen atoms in total. The lowest BCUT2D eigenvalue weighted by Gasteiger charge is -2.35. The minimum absolute atomic E-state index is 0.00336. The van der Waals surface area contributed by atoms with E-state index in [2.05, 4.69) is 10.4 Å². The summed E-state index contributed by atoms with van der Waals surface area (Å²) in [6, 6.07) is 1.31. The zero-order chi connectivity index (χ0) is 16.3. The number of aromatic nitrogens is 2. The zero-order valence-corrected chi connectivity index (χ0v) is 13.5. The summed E-state index contributed by atoms with van der Waals surface area (Å²) < 4.78 is 1.61. The first-order valence-corrected chi connectivity index (χ1v) is 7.73. The van der Waals surface area contributed by atoms with E-state index in [0.29, 0.717) is 24.7 Å². The molecule has 0 spiro atoms. The number of hydrogen-bond acceptors (Lipinski definition) is 4. The number of rotatable bonds is 4. The Bertz CT molecular complexity index is 532. The number of aryl methyl sites for hydroxylation is 1. The Balaban J connectivity index is 1.83. The Morgan fingerprint density at radius 1 is 1.36 bits per heavy atom. The van der Waals surface area contributed by atoms with E-state index in [1.54, 1.807) is 30.9 Å². The van der Waals surface area contributed by atoms with Crippen molar-refractivity contribution >= 4 is 11.8 Å². The summed E-state index contributed by atoms with van der Waals surface area (Å²) in [4.78, 5) is 25.8. The van der Waals surface area contributed by atoms with E-state index in [1.165, 1.54) is 0 Å². The van der Waals surface area contributed by atoms with Gasteiger partial charge in [0.25, 0.3) is 5.91 Å². The summed E-state index contributed by atoms with van der Waals surface area (Å²) in [5.74, 6) is 0.218. The number of nitrogens with one attached hydrogen (secondary N) is 1. The third-order valence-corrected chi connectivity index (χ3v) is 4.25. The number of amides is 2. The maximum Gasteiger partial charge on any atom is 0.271 e. The van der Waals surface area contributed by atoms with Crippen LogP contribution >= 0.6 is 0 Å². The molecule has 0 bridgehead atoms. The van der Waals surface area contributed by atoms with Crippen LogP contribution in [0.1, 0.15) is 37.2 Å². The number of carbonyl (C=O) groups is 2. The van der Waals surface area contributed by atoms with Gasteiger partial charge in [-0.1, -0.05) is 0 Å². The third-order valence-electron chi connectivity index (χ3n) is 4.25. The molecule has 0 aliphatic carbocycles. The van der Waals surface area contributed by atoms with E-state index in [4.69, 9.17) is 5.73 Å². The highest BCUT2D eigenvalue weighted by atomic mass is 16.2. The maximum atomic E-state index is 12.1. The molecule has 1 aromatic rings. The highest BCUT2D eigenvalue weighted by Crippen LogP contribution is 2.21. The van der Waals surface area contributed by atoms with Gasteiger partial charge >= 0.3 is 0 Å². The molecule has 3 N–H and O–H groups in total. The van der Waals surface area contributed by atoms with Crippen LogP contribution in [0.25, 0.3) is 0 Å². The SMILES string of the molecule is CC(NC(=O)c1ccn(C)n1)C1CCN(C(=O)[C@H](C)N)CC1. The number of hydrogen-bond donors (Lipinski definition) is 2. The molecule has 122 valence electrons. The van der Waals surface area contributed by atoms with Crippen LogP contribution in [0.2, 0.25) is 0 Å².